The molecule has 2 aromatic carbocycles. The fourth-order valence-electron chi connectivity index (χ4n) is 4.28. The second-order valence-electron chi connectivity index (χ2n) is 9.06. The van der Waals surface area contributed by atoms with Crippen LogP contribution in [-0.4, -0.2) is 30.9 Å². The smallest absolute Gasteiger partial charge is 0.251 e. The van der Waals surface area contributed by atoms with Crippen molar-refractivity contribution in [1.29, 1.82) is 0 Å². The molecule has 32 heavy (non-hydrogen) atoms. The first kappa shape index (κ1) is 26.9. The molecule has 176 valence electrons. The lowest BCUT2D eigenvalue weighted by Gasteiger charge is -2.28. The van der Waals surface area contributed by atoms with Crippen LogP contribution in [0.2, 0.25) is 5.02 Å². The molecule has 1 N–H and O–H groups in total. The summed E-state index contributed by atoms with van der Waals surface area (Å²) in [6.45, 7) is 7.57. The van der Waals surface area contributed by atoms with Crippen molar-refractivity contribution >= 4 is 24.8 Å². The molecule has 0 aliphatic carbocycles. The van der Waals surface area contributed by atoms with E-state index in [2.05, 4.69) is 38.2 Å². The van der Waals surface area contributed by atoms with Gasteiger partial charge in [0.2, 0.25) is 0 Å². The Kier molecular flexibility index (Phi) is 12.4. The van der Waals surface area contributed by atoms with Crippen LogP contribution in [0.1, 0.15) is 80.8 Å². The first-order valence-corrected chi connectivity index (χ1v) is 15.4. The van der Waals surface area contributed by atoms with Crippen LogP contribution in [0.15, 0.2) is 48.5 Å². The van der Waals surface area contributed by atoms with Crippen molar-refractivity contribution < 1.29 is 4.79 Å². The van der Waals surface area contributed by atoms with E-state index < -0.39 is 7.26 Å². The molecular formula is C28H42ClNOP+. The maximum Gasteiger partial charge on any atom is 0.251 e. The highest BCUT2D eigenvalue weighted by molar-refractivity contribution is 7.75. The van der Waals surface area contributed by atoms with E-state index in [9.17, 15) is 4.79 Å². The van der Waals surface area contributed by atoms with E-state index >= 15 is 0 Å². The third-order valence-corrected chi connectivity index (χ3v) is 11.4. The predicted molar refractivity (Wildman–Crippen MR) is 144 cm³/mol. The molecule has 2 aromatic rings. The van der Waals surface area contributed by atoms with Crippen molar-refractivity contribution in [2.45, 2.75) is 71.9 Å². The summed E-state index contributed by atoms with van der Waals surface area (Å²) in [7, 11) is -0.972. The Balaban J connectivity index is 1.97. The van der Waals surface area contributed by atoms with E-state index in [1.165, 1.54) is 74.3 Å². The van der Waals surface area contributed by atoms with Crippen molar-refractivity contribution in [2.75, 3.05) is 25.0 Å². The van der Waals surface area contributed by atoms with Gasteiger partial charge in [0.05, 0.1) is 24.6 Å². The van der Waals surface area contributed by atoms with Gasteiger partial charge >= 0.3 is 0 Å². The molecule has 2 rings (SSSR count). The summed E-state index contributed by atoms with van der Waals surface area (Å²) in [4.78, 5) is 12.6. The molecule has 0 saturated heterocycles. The highest BCUT2D eigenvalue weighted by Gasteiger charge is 2.35. The van der Waals surface area contributed by atoms with E-state index in [1.807, 2.05) is 36.4 Å². The van der Waals surface area contributed by atoms with E-state index in [-0.39, 0.29) is 5.91 Å². The SMILES string of the molecule is CCCC[P+](CCCC)(CCCC)Cc1ccc(C(=O)NCCc2ccc(Cl)cc2)cc1. The van der Waals surface area contributed by atoms with E-state index in [1.54, 1.807) is 0 Å². The zero-order chi connectivity index (χ0) is 23.2. The first-order chi connectivity index (χ1) is 15.5. The predicted octanol–water partition coefficient (Wildman–Crippen LogP) is 8.23. The molecule has 0 aliphatic rings. The number of nitrogens with one attached hydrogen (secondary N) is 1. The number of unbranched alkanes of at least 4 members (excludes halogenated alkanes) is 3. The minimum atomic E-state index is -0.972. The second-order valence-corrected chi connectivity index (χ2v) is 13.8. The summed E-state index contributed by atoms with van der Waals surface area (Å²) in [5.74, 6) is 0.00882. The van der Waals surface area contributed by atoms with Crippen molar-refractivity contribution in [1.82, 2.24) is 5.32 Å². The highest BCUT2D eigenvalue weighted by Crippen LogP contribution is 2.63. The van der Waals surface area contributed by atoms with Gasteiger partial charge in [0.25, 0.3) is 5.91 Å². The van der Waals surface area contributed by atoms with Gasteiger partial charge in [-0.25, -0.2) is 0 Å². The lowest BCUT2D eigenvalue weighted by Crippen LogP contribution is -2.25. The third kappa shape index (κ3) is 9.24. The van der Waals surface area contributed by atoms with Crippen LogP contribution in [0.4, 0.5) is 0 Å². The van der Waals surface area contributed by atoms with Gasteiger partial charge in [-0.2, -0.15) is 0 Å². The van der Waals surface area contributed by atoms with Gasteiger partial charge in [-0.3, -0.25) is 4.79 Å². The Labute approximate surface area is 201 Å². The molecule has 0 aromatic heterocycles. The molecular weight excluding hydrogens is 433 g/mol. The highest BCUT2D eigenvalue weighted by atomic mass is 35.5. The summed E-state index contributed by atoms with van der Waals surface area (Å²) in [6, 6.07) is 16.2. The molecule has 0 fully saturated rings. The van der Waals surface area contributed by atoms with Crippen LogP contribution in [-0.2, 0) is 12.6 Å². The number of carbonyl (C=O) groups excluding carboxylic acids is 1. The van der Waals surface area contributed by atoms with Crippen molar-refractivity contribution in [2.24, 2.45) is 0 Å². The van der Waals surface area contributed by atoms with Crippen LogP contribution in [0, 0.1) is 0 Å². The normalized spacial score (nSPS) is 11.5. The fraction of sp³-hybridized carbons (Fsp3) is 0.536. The largest absolute Gasteiger partial charge is 0.352 e. The van der Waals surface area contributed by atoms with Crippen molar-refractivity contribution in [3.8, 4) is 0 Å². The van der Waals surface area contributed by atoms with Gasteiger partial charge in [-0.15, -0.1) is 0 Å². The first-order valence-electron chi connectivity index (χ1n) is 12.5. The lowest BCUT2D eigenvalue weighted by atomic mass is 10.1. The van der Waals surface area contributed by atoms with Crippen molar-refractivity contribution in [3.05, 3.63) is 70.2 Å². The van der Waals surface area contributed by atoms with Gasteiger partial charge in [-0.1, -0.05) is 75.9 Å². The van der Waals surface area contributed by atoms with Gasteiger partial charge < -0.3 is 5.32 Å². The van der Waals surface area contributed by atoms with Crippen LogP contribution in [0.3, 0.4) is 0 Å². The Bertz CT molecular complexity index is 766. The second kappa shape index (κ2) is 14.7. The van der Waals surface area contributed by atoms with Crippen LogP contribution >= 0.6 is 18.9 Å². The number of rotatable bonds is 15. The molecule has 1 amide bonds. The number of hydrogen-bond donors (Lipinski definition) is 1. The summed E-state index contributed by atoms with van der Waals surface area (Å²) in [6.07, 6.45) is 14.3. The summed E-state index contributed by atoms with van der Waals surface area (Å²) < 4.78 is 0. The fourth-order valence-corrected chi connectivity index (χ4v) is 9.49. The molecule has 0 saturated carbocycles. The number of benzene rings is 2. The molecule has 0 aliphatic heterocycles. The maximum atomic E-state index is 12.6. The molecule has 0 atom stereocenters. The number of halogens is 1. The standard InChI is InChI=1S/C28H41ClNOP/c1-4-7-20-32(21-8-5-2,22-9-6-3)23-25-10-14-26(15-11-25)28(31)30-19-18-24-12-16-27(29)17-13-24/h10-17H,4-9,18-23H2,1-3H3/p+1. The van der Waals surface area contributed by atoms with Gasteiger partial charge in [-0.05, 0) is 61.1 Å². The van der Waals surface area contributed by atoms with Crippen LogP contribution < -0.4 is 5.32 Å². The Morgan fingerprint density at radius 1 is 0.781 bits per heavy atom. The minimum Gasteiger partial charge on any atom is -0.352 e. The van der Waals surface area contributed by atoms with Crippen molar-refractivity contribution in [3.63, 3.8) is 0 Å². The average molecular weight is 475 g/mol. The average Bonchev–Trinajstić information content (AvgIpc) is 2.81. The minimum absolute atomic E-state index is 0.00882. The van der Waals surface area contributed by atoms with E-state index in [4.69, 9.17) is 11.6 Å². The molecule has 4 heteroatoms. The quantitative estimate of drug-likeness (QED) is 0.259. The summed E-state index contributed by atoms with van der Waals surface area (Å²) in [5, 5.41) is 3.79. The van der Waals surface area contributed by atoms with Gasteiger partial charge in [0.15, 0.2) is 0 Å². The van der Waals surface area contributed by atoms with E-state index in [0.29, 0.717) is 6.54 Å². The van der Waals surface area contributed by atoms with Gasteiger partial charge in [0.1, 0.15) is 0 Å². The third-order valence-electron chi connectivity index (χ3n) is 6.30. The maximum absolute atomic E-state index is 12.6. The molecule has 0 radical (unpaired) electrons. The zero-order valence-corrected chi connectivity index (χ0v) is 22.0. The van der Waals surface area contributed by atoms with Crippen LogP contribution in [0.5, 0.6) is 0 Å². The Morgan fingerprint density at radius 2 is 1.28 bits per heavy atom. The molecule has 0 heterocycles. The molecule has 0 bridgehead atoms. The van der Waals surface area contributed by atoms with Gasteiger partial charge in [0, 0.05) is 24.4 Å². The zero-order valence-electron chi connectivity index (χ0n) is 20.3. The summed E-state index contributed by atoms with van der Waals surface area (Å²) in [5.41, 5.74) is 3.35. The molecule has 0 spiro atoms. The number of amides is 1. The molecule has 2 nitrogen and oxygen atoms in total. The van der Waals surface area contributed by atoms with Crippen LogP contribution in [0.25, 0.3) is 0 Å². The number of hydrogen-bond acceptors (Lipinski definition) is 1. The Hall–Kier alpha value is -1.37. The molecule has 0 unspecified atom stereocenters. The number of carbonyl (C=O) groups is 1. The lowest BCUT2D eigenvalue weighted by molar-refractivity contribution is 0.0954. The topological polar surface area (TPSA) is 29.1 Å². The monoisotopic (exact) mass is 474 g/mol. The Morgan fingerprint density at radius 3 is 1.78 bits per heavy atom. The summed E-state index contributed by atoms with van der Waals surface area (Å²) >= 11 is 5.94. The van der Waals surface area contributed by atoms with E-state index in [0.717, 1.165) is 17.0 Å².